The number of aryl methyl sites for hydroxylation is 2. The van der Waals surface area contributed by atoms with E-state index in [-0.39, 0.29) is 31.1 Å². The lowest BCUT2D eigenvalue weighted by atomic mass is 10.0. The van der Waals surface area contributed by atoms with E-state index in [2.05, 4.69) is 20.5 Å². The van der Waals surface area contributed by atoms with Crippen LogP contribution in [0.1, 0.15) is 87.6 Å². The van der Waals surface area contributed by atoms with Crippen LogP contribution in [0.4, 0.5) is 0 Å². The van der Waals surface area contributed by atoms with Crippen molar-refractivity contribution in [3.63, 3.8) is 0 Å². The van der Waals surface area contributed by atoms with Gasteiger partial charge >= 0.3 is 0 Å². The number of allylic oxidation sites excluding steroid dienone is 1. The molecule has 0 spiro atoms. The number of ether oxygens (including phenoxy) is 3. The third kappa shape index (κ3) is 8.58. The summed E-state index contributed by atoms with van der Waals surface area (Å²) >= 11 is 0. The van der Waals surface area contributed by atoms with Crippen molar-refractivity contribution in [3.05, 3.63) is 53.9 Å². The summed E-state index contributed by atoms with van der Waals surface area (Å²) in [4.78, 5) is 62.6. The maximum atomic E-state index is 14.7. The summed E-state index contributed by atoms with van der Waals surface area (Å²) in [5.41, 5.74) is 0.144. The number of pyridine rings is 1. The zero-order valence-corrected chi connectivity index (χ0v) is 33.8. The number of carbonyl (C=O) groups excluding carboxylic acids is 4. The molecule has 3 N–H and O–H groups in total. The van der Waals surface area contributed by atoms with Crippen LogP contribution < -0.4 is 29.6 Å². The van der Waals surface area contributed by atoms with Gasteiger partial charge in [-0.1, -0.05) is 25.0 Å². The molecule has 0 unspecified atom stereocenters. The van der Waals surface area contributed by atoms with Crippen LogP contribution in [0, 0.1) is 12.8 Å². The van der Waals surface area contributed by atoms with Gasteiger partial charge in [-0.15, -0.1) is 0 Å². The normalized spacial score (nSPS) is 26.0. The summed E-state index contributed by atoms with van der Waals surface area (Å²) in [6.45, 7) is 5.63. The molecule has 306 valence electrons. The molecule has 0 radical (unpaired) electrons. The average Bonchev–Trinajstić information content (AvgIpc) is 4.05. The van der Waals surface area contributed by atoms with Crippen LogP contribution >= 0.6 is 0 Å². The Morgan fingerprint density at radius 1 is 1.09 bits per heavy atom. The lowest BCUT2D eigenvalue weighted by molar-refractivity contribution is -0.141. The van der Waals surface area contributed by atoms with Crippen LogP contribution in [0.3, 0.4) is 0 Å². The first kappa shape index (κ1) is 40.0. The van der Waals surface area contributed by atoms with Gasteiger partial charge in [-0.3, -0.25) is 28.6 Å². The molecule has 16 nitrogen and oxygen atoms in total. The van der Waals surface area contributed by atoms with E-state index in [4.69, 9.17) is 19.2 Å². The van der Waals surface area contributed by atoms with E-state index in [0.29, 0.717) is 60.4 Å². The molecule has 5 atom stereocenters. The Bertz CT molecular complexity index is 2200. The van der Waals surface area contributed by atoms with Crippen LogP contribution in [-0.4, -0.2) is 100 Å². The molecule has 7 rings (SSSR count). The van der Waals surface area contributed by atoms with Crippen LogP contribution in [0.5, 0.6) is 17.4 Å². The smallest absolute Gasteiger partial charge is 0.259 e. The summed E-state index contributed by atoms with van der Waals surface area (Å²) in [6, 6.07) is 3.22. The highest BCUT2D eigenvalue weighted by molar-refractivity contribution is 7.91. The van der Waals surface area contributed by atoms with Gasteiger partial charge in [0, 0.05) is 42.6 Å². The number of rotatable bonds is 10. The first-order valence-corrected chi connectivity index (χ1v) is 21.2. The highest BCUT2D eigenvalue weighted by atomic mass is 32.2. The fourth-order valence-corrected chi connectivity index (χ4v) is 9.15. The second kappa shape index (κ2) is 16.0. The van der Waals surface area contributed by atoms with Gasteiger partial charge in [0.15, 0.2) is 0 Å². The molecule has 3 aromatic rings. The minimum atomic E-state index is -3.91. The van der Waals surface area contributed by atoms with Gasteiger partial charge in [0.05, 0.1) is 42.3 Å². The molecule has 1 saturated heterocycles. The largest absolute Gasteiger partial charge is 0.496 e. The molecular weight excluding hydrogens is 755 g/mol. The fraction of sp³-hybridized carbons (Fsp3) is 0.550. The number of fused-ring (bicyclic) bond motifs is 3. The molecule has 3 fully saturated rings. The Morgan fingerprint density at radius 2 is 1.88 bits per heavy atom. The molecule has 1 aromatic carbocycles. The number of hydrogen-bond donors (Lipinski definition) is 3. The maximum absolute atomic E-state index is 14.7. The standard InChI is InChI=1S/C40H51N7O9S/c1-23(2)55-34-18-33(29-15-16-32(54-5)24(3)35(29)43-34)56-27-17-31-37(49)44-40(39(51)45-57(52,53)28-13-14-28)19-26(40)11-9-7-6-8-10-12-30(38(50)47(31)22-27)42-36(48)25-20-41-46(4)21-25/h9,11,15-16,18,20-21,23,26-28,30-31H,6-8,10,12-14,17,19,22H2,1-5H3,(H,42,48)(H,44,49)(H,45,51)/b11-9-/t26-,27-,30+,31+,40-/m1/s1. The number of nitrogens with zero attached hydrogens (tertiary/aromatic N) is 4. The Labute approximate surface area is 332 Å². The van der Waals surface area contributed by atoms with E-state index >= 15 is 0 Å². The molecule has 2 aliphatic carbocycles. The molecule has 0 bridgehead atoms. The second-order valence-corrected chi connectivity index (χ2v) is 17.8. The number of amides is 4. The van der Waals surface area contributed by atoms with E-state index in [0.717, 1.165) is 18.4 Å². The van der Waals surface area contributed by atoms with Crippen LogP contribution in [-0.2, 0) is 31.5 Å². The van der Waals surface area contributed by atoms with Crippen LogP contribution in [0.2, 0.25) is 0 Å². The Hall–Kier alpha value is -5.19. The number of sulfonamides is 1. The molecule has 2 aromatic heterocycles. The molecule has 17 heteroatoms. The third-order valence-corrected chi connectivity index (χ3v) is 12.9. The minimum Gasteiger partial charge on any atom is -0.496 e. The molecular formula is C40H51N7O9S. The number of hydrogen-bond acceptors (Lipinski definition) is 11. The van der Waals surface area contributed by atoms with E-state index in [9.17, 15) is 27.6 Å². The zero-order valence-electron chi connectivity index (χ0n) is 32.9. The van der Waals surface area contributed by atoms with Gasteiger partial charge in [-0.05, 0) is 71.4 Å². The summed E-state index contributed by atoms with van der Waals surface area (Å²) in [6.07, 6.45) is 10.3. The van der Waals surface area contributed by atoms with Crippen LogP contribution in [0.25, 0.3) is 10.9 Å². The van der Waals surface area contributed by atoms with Crippen LogP contribution in [0.15, 0.2) is 42.7 Å². The molecule has 4 amide bonds. The molecule has 2 saturated carbocycles. The summed E-state index contributed by atoms with van der Waals surface area (Å²) in [7, 11) is -0.640. The highest BCUT2D eigenvalue weighted by Crippen LogP contribution is 2.46. The number of methoxy groups -OCH3 is 1. The summed E-state index contributed by atoms with van der Waals surface area (Å²) in [5.74, 6) is -1.42. The minimum absolute atomic E-state index is 0.0197. The van der Waals surface area contributed by atoms with E-state index in [1.54, 1.807) is 26.4 Å². The van der Waals surface area contributed by atoms with Gasteiger partial charge < -0.3 is 29.7 Å². The van der Waals surface area contributed by atoms with Crippen molar-refractivity contribution in [1.82, 2.24) is 35.0 Å². The zero-order chi connectivity index (χ0) is 40.6. The predicted molar refractivity (Wildman–Crippen MR) is 209 cm³/mol. The quantitative estimate of drug-likeness (QED) is 0.254. The van der Waals surface area contributed by atoms with E-state index in [1.807, 2.05) is 45.1 Å². The van der Waals surface area contributed by atoms with Crippen molar-refractivity contribution in [2.45, 2.75) is 114 Å². The molecule has 4 heterocycles. The van der Waals surface area contributed by atoms with Crippen molar-refractivity contribution >= 4 is 44.6 Å². The topological polar surface area (TPSA) is 200 Å². The summed E-state index contributed by atoms with van der Waals surface area (Å²) in [5, 5.41) is 9.93. The number of carbonyl (C=O) groups is 4. The maximum Gasteiger partial charge on any atom is 0.259 e. The fourth-order valence-electron chi connectivity index (χ4n) is 7.78. The average molecular weight is 806 g/mol. The highest BCUT2D eigenvalue weighted by Gasteiger charge is 2.62. The van der Waals surface area contributed by atoms with Gasteiger partial charge in [-0.25, -0.2) is 13.4 Å². The third-order valence-electron chi connectivity index (χ3n) is 11.1. The second-order valence-electron chi connectivity index (χ2n) is 15.8. The van der Waals surface area contributed by atoms with Gasteiger partial charge in [0.25, 0.3) is 11.8 Å². The Balaban J connectivity index is 1.23. The predicted octanol–water partition coefficient (Wildman–Crippen LogP) is 3.22. The molecule has 57 heavy (non-hydrogen) atoms. The van der Waals surface area contributed by atoms with Gasteiger partial charge in [-0.2, -0.15) is 5.10 Å². The lowest BCUT2D eigenvalue weighted by Crippen LogP contribution is -2.58. The monoisotopic (exact) mass is 805 g/mol. The SMILES string of the molecule is COc1ccc2c(O[C@@H]3C[C@H]4C(=O)N[C@]5(C(=O)NS(=O)(=O)C6CC6)C[C@H]5/C=C\CCCCC[C@H](NC(=O)c5cnn(C)c5)C(=O)N4C3)cc(OC(C)C)nc2c1C. The molecule has 4 aliphatic rings. The summed E-state index contributed by atoms with van der Waals surface area (Å²) < 4.78 is 47.8. The van der Waals surface area contributed by atoms with Crippen molar-refractivity contribution in [3.8, 4) is 17.4 Å². The number of aromatic nitrogens is 3. The van der Waals surface area contributed by atoms with E-state index < -0.39 is 68.5 Å². The van der Waals surface area contributed by atoms with Crippen molar-refractivity contribution in [2.24, 2.45) is 13.0 Å². The lowest BCUT2D eigenvalue weighted by Gasteiger charge is -2.30. The Kier molecular flexibility index (Phi) is 11.2. The van der Waals surface area contributed by atoms with Crippen molar-refractivity contribution in [2.75, 3.05) is 13.7 Å². The first-order valence-electron chi connectivity index (χ1n) is 19.7. The van der Waals surface area contributed by atoms with Crippen molar-refractivity contribution < 1.29 is 41.8 Å². The van der Waals surface area contributed by atoms with Crippen molar-refractivity contribution in [1.29, 1.82) is 0 Å². The first-order chi connectivity index (χ1) is 27.2. The van der Waals surface area contributed by atoms with Gasteiger partial charge in [0.2, 0.25) is 27.7 Å². The number of benzene rings is 1. The van der Waals surface area contributed by atoms with Gasteiger partial charge in [0.1, 0.15) is 35.2 Å². The molecule has 2 aliphatic heterocycles. The Morgan fingerprint density at radius 3 is 2.58 bits per heavy atom. The van der Waals surface area contributed by atoms with E-state index in [1.165, 1.54) is 15.8 Å². The number of nitrogens with one attached hydrogen (secondary N) is 3.